The predicted molar refractivity (Wildman–Crippen MR) is 71.9 cm³/mol. The van der Waals surface area contributed by atoms with Crippen LogP contribution in [-0.4, -0.2) is 26.4 Å². The van der Waals surface area contributed by atoms with Gasteiger partial charge >= 0.3 is 0 Å². The van der Waals surface area contributed by atoms with E-state index in [9.17, 15) is 0 Å². The molecule has 0 aromatic heterocycles. The van der Waals surface area contributed by atoms with Gasteiger partial charge in [-0.05, 0) is 22.3 Å². The van der Waals surface area contributed by atoms with Crippen LogP contribution in [0.15, 0.2) is 0 Å². The van der Waals surface area contributed by atoms with Crippen molar-refractivity contribution < 1.29 is 4.74 Å². The average Bonchev–Trinajstić information content (AvgIpc) is 2.03. The van der Waals surface area contributed by atoms with Gasteiger partial charge < -0.3 is 4.74 Å². The second kappa shape index (κ2) is 7.23. The Morgan fingerprint density at radius 2 is 1.85 bits per heavy atom. The van der Waals surface area contributed by atoms with Crippen molar-refractivity contribution in [2.45, 2.75) is 44.8 Å². The van der Waals surface area contributed by atoms with Crippen molar-refractivity contribution >= 4 is 31.4 Å². The molecule has 0 aliphatic heterocycles. The maximum Gasteiger partial charge on any atom is 0.0490 e. The standard InChI is InChI=1S/C10H23IOSi/c1-10(2,13(3)4)9-12-8-6-5-7-11/h13H,5-9H2,1-4H3. The summed E-state index contributed by atoms with van der Waals surface area (Å²) in [6.07, 6.45) is 2.51. The molecule has 0 aliphatic rings. The normalized spacial score (nSPS) is 12.5. The first-order valence-corrected chi connectivity index (χ1v) is 9.55. The molecule has 0 spiro atoms. The van der Waals surface area contributed by atoms with Crippen molar-refractivity contribution in [2.75, 3.05) is 17.6 Å². The lowest BCUT2D eigenvalue weighted by Gasteiger charge is -2.27. The van der Waals surface area contributed by atoms with Crippen LogP contribution in [0.3, 0.4) is 0 Å². The van der Waals surface area contributed by atoms with Crippen LogP contribution in [0.4, 0.5) is 0 Å². The topological polar surface area (TPSA) is 9.23 Å². The highest BCUT2D eigenvalue weighted by Gasteiger charge is 2.23. The van der Waals surface area contributed by atoms with Gasteiger partial charge in [-0.25, -0.2) is 0 Å². The van der Waals surface area contributed by atoms with E-state index in [1.165, 1.54) is 17.3 Å². The summed E-state index contributed by atoms with van der Waals surface area (Å²) >= 11 is 2.42. The van der Waals surface area contributed by atoms with Gasteiger partial charge in [0.15, 0.2) is 0 Å². The van der Waals surface area contributed by atoms with Crippen molar-refractivity contribution in [1.82, 2.24) is 0 Å². The zero-order valence-electron chi connectivity index (χ0n) is 9.40. The van der Waals surface area contributed by atoms with E-state index in [4.69, 9.17) is 4.74 Å². The Kier molecular flexibility index (Phi) is 7.74. The summed E-state index contributed by atoms with van der Waals surface area (Å²) in [4.78, 5) is 0. The Balaban J connectivity index is 3.41. The third-order valence-corrected chi connectivity index (χ3v) is 6.76. The Morgan fingerprint density at radius 1 is 1.23 bits per heavy atom. The lowest BCUT2D eigenvalue weighted by Crippen LogP contribution is -2.26. The summed E-state index contributed by atoms with van der Waals surface area (Å²) in [6, 6.07) is 0. The molecule has 0 aromatic rings. The van der Waals surface area contributed by atoms with Gasteiger partial charge in [-0.3, -0.25) is 0 Å². The molecule has 80 valence electrons. The molecule has 0 aliphatic carbocycles. The fourth-order valence-electron chi connectivity index (χ4n) is 0.801. The Hall–Kier alpha value is 0.907. The van der Waals surface area contributed by atoms with Gasteiger partial charge in [0.1, 0.15) is 0 Å². The van der Waals surface area contributed by atoms with E-state index in [0.29, 0.717) is 5.04 Å². The second-order valence-electron chi connectivity index (χ2n) is 4.59. The first kappa shape index (κ1) is 13.9. The number of rotatable bonds is 7. The quantitative estimate of drug-likeness (QED) is 0.302. The first-order chi connectivity index (χ1) is 6.00. The fourth-order valence-corrected chi connectivity index (χ4v) is 1.79. The summed E-state index contributed by atoms with van der Waals surface area (Å²) in [6.45, 7) is 11.4. The van der Waals surface area contributed by atoms with E-state index in [-0.39, 0.29) is 0 Å². The van der Waals surface area contributed by atoms with Crippen molar-refractivity contribution in [3.63, 3.8) is 0 Å². The largest absolute Gasteiger partial charge is 0.381 e. The van der Waals surface area contributed by atoms with Crippen LogP contribution in [-0.2, 0) is 4.74 Å². The van der Waals surface area contributed by atoms with Gasteiger partial charge in [-0.2, -0.15) is 0 Å². The maximum atomic E-state index is 5.69. The van der Waals surface area contributed by atoms with Crippen LogP contribution >= 0.6 is 22.6 Å². The van der Waals surface area contributed by atoms with Gasteiger partial charge in [0.05, 0.1) is 0 Å². The molecule has 0 unspecified atom stereocenters. The molecule has 0 aromatic carbocycles. The molecule has 0 fully saturated rings. The number of alkyl halides is 1. The molecular formula is C10H23IOSi. The van der Waals surface area contributed by atoms with Gasteiger partial charge in [-0.1, -0.05) is 49.5 Å². The molecule has 0 rings (SSSR count). The molecule has 0 atom stereocenters. The molecule has 0 N–H and O–H groups in total. The van der Waals surface area contributed by atoms with Crippen LogP contribution in [0, 0.1) is 0 Å². The second-order valence-corrected chi connectivity index (χ2v) is 9.54. The van der Waals surface area contributed by atoms with Crippen LogP contribution in [0.25, 0.3) is 0 Å². The Labute approximate surface area is 98.4 Å². The molecule has 0 radical (unpaired) electrons. The highest BCUT2D eigenvalue weighted by atomic mass is 127. The van der Waals surface area contributed by atoms with Crippen molar-refractivity contribution in [3.05, 3.63) is 0 Å². The van der Waals surface area contributed by atoms with Gasteiger partial charge in [0.2, 0.25) is 0 Å². The minimum Gasteiger partial charge on any atom is -0.381 e. The lowest BCUT2D eigenvalue weighted by molar-refractivity contribution is 0.111. The Bertz CT molecular complexity index is 126. The number of ether oxygens (including phenoxy) is 1. The highest BCUT2D eigenvalue weighted by molar-refractivity contribution is 14.1. The summed E-state index contributed by atoms with van der Waals surface area (Å²) < 4.78 is 6.95. The van der Waals surface area contributed by atoms with E-state index in [2.05, 4.69) is 49.5 Å². The third-order valence-electron chi connectivity index (χ3n) is 2.71. The first-order valence-electron chi connectivity index (χ1n) is 5.14. The SMILES string of the molecule is C[SiH](C)C(C)(C)COCCCCI. The Morgan fingerprint density at radius 3 is 2.31 bits per heavy atom. The number of halogens is 1. The van der Waals surface area contributed by atoms with Crippen LogP contribution < -0.4 is 0 Å². The highest BCUT2D eigenvalue weighted by Crippen LogP contribution is 2.28. The molecule has 1 nitrogen and oxygen atoms in total. The van der Waals surface area contributed by atoms with Gasteiger partial charge in [0.25, 0.3) is 0 Å². The minimum absolute atomic E-state index is 0.463. The minimum atomic E-state index is -0.565. The molecule has 0 bridgehead atoms. The molecule has 13 heavy (non-hydrogen) atoms. The van der Waals surface area contributed by atoms with E-state index in [0.717, 1.165) is 13.2 Å². The molecular weight excluding hydrogens is 291 g/mol. The van der Waals surface area contributed by atoms with Crippen molar-refractivity contribution in [3.8, 4) is 0 Å². The van der Waals surface area contributed by atoms with Crippen molar-refractivity contribution in [2.24, 2.45) is 0 Å². The lowest BCUT2D eigenvalue weighted by atomic mass is 10.2. The summed E-state index contributed by atoms with van der Waals surface area (Å²) in [5, 5.41) is 0.463. The van der Waals surface area contributed by atoms with Crippen LogP contribution in [0.1, 0.15) is 26.7 Å². The number of hydrogen-bond donors (Lipinski definition) is 0. The third kappa shape index (κ3) is 6.91. The van der Waals surface area contributed by atoms with E-state index in [1.54, 1.807) is 0 Å². The monoisotopic (exact) mass is 314 g/mol. The number of hydrogen-bond acceptors (Lipinski definition) is 1. The smallest absolute Gasteiger partial charge is 0.0490 e. The van der Waals surface area contributed by atoms with E-state index < -0.39 is 8.80 Å². The fraction of sp³-hybridized carbons (Fsp3) is 1.00. The molecule has 0 amide bonds. The van der Waals surface area contributed by atoms with Crippen molar-refractivity contribution in [1.29, 1.82) is 0 Å². The zero-order chi connectivity index (χ0) is 10.3. The summed E-state index contributed by atoms with van der Waals surface area (Å²) in [5.74, 6) is 0. The van der Waals surface area contributed by atoms with Crippen LogP contribution in [0.2, 0.25) is 18.1 Å². The van der Waals surface area contributed by atoms with Gasteiger partial charge in [0, 0.05) is 22.0 Å². The number of unbranched alkanes of at least 4 members (excludes halogenated alkanes) is 1. The van der Waals surface area contributed by atoms with Crippen LogP contribution in [0.5, 0.6) is 0 Å². The molecule has 0 saturated heterocycles. The summed E-state index contributed by atoms with van der Waals surface area (Å²) in [7, 11) is -0.565. The van der Waals surface area contributed by atoms with Gasteiger partial charge in [-0.15, -0.1) is 0 Å². The molecule has 3 heteroatoms. The summed E-state index contributed by atoms with van der Waals surface area (Å²) in [5.41, 5.74) is 0. The zero-order valence-corrected chi connectivity index (χ0v) is 12.7. The molecule has 0 saturated carbocycles. The molecule has 0 heterocycles. The predicted octanol–water partition coefficient (Wildman–Crippen LogP) is 3.49. The maximum absolute atomic E-state index is 5.69. The van der Waals surface area contributed by atoms with E-state index >= 15 is 0 Å². The van der Waals surface area contributed by atoms with E-state index in [1.807, 2.05) is 0 Å². The average molecular weight is 314 g/mol.